The van der Waals surface area contributed by atoms with Crippen molar-refractivity contribution in [1.82, 2.24) is 5.32 Å². The fourth-order valence-electron chi connectivity index (χ4n) is 3.76. The van der Waals surface area contributed by atoms with Gasteiger partial charge in [-0.1, -0.05) is 6.42 Å². The van der Waals surface area contributed by atoms with Crippen LogP contribution in [-0.2, 0) is 11.2 Å². The largest absolute Gasteiger partial charge is 0.391 e. The standard InChI is InChI=1S/C18H21F3N2O2/c1-11(24)23-8-7-12-9-13(5-6-16(12)23)17(25)22-15-4-2-3-14(10-15)18(19,20)21/h5-6,9,14-15H,2-4,7-8,10H2,1H3,(H,22,25). The minimum atomic E-state index is -4.20. The molecule has 0 bridgehead atoms. The maximum atomic E-state index is 12.9. The van der Waals surface area contributed by atoms with Crippen LogP contribution in [0.1, 0.15) is 48.5 Å². The number of hydrogen-bond acceptors (Lipinski definition) is 2. The smallest absolute Gasteiger partial charge is 0.349 e. The van der Waals surface area contributed by atoms with Crippen LogP contribution in [0, 0.1) is 5.92 Å². The SMILES string of the molecule is CC(=O)N1CCc2cc(C(=O)NC3CCCC(C(F)(F)F)C3)ccc21. The lowest BCUT2D eigenvalue weighted by molar-refractivity contribution is -0.183. The first-order valence-electron chi connectivity index (χ1n) is 8.54. The number of nitrogens with one attached hydrogen (secondary N) is 1. The number of rotatable bonds is 2. The van der Waals surface area contributed by atoms with Crippen molar-refractivity contribution in [2.75, 3.05) is 11.4 Å². The van der Waals surface area contributed by atoms with Gasteiger partial charge in [-0.2, -0.15) is 13.2 Å². The van der Waals surface area contributed by atoms with Gasteiger partial charge in [0.2, 0.25) is 5.91 Å². The van der Waals surface area contributed by atoms with Crippen molar-refractivity contribution < 1.29 is 22.8 Å². The Bertz CT molecular complexity index is 687. The number of hydrogen-bond donors (Lipinski definition) is 1. The first-order valence-corrected chi connectivity index (χ1v) is 8.54. The Morgan fingerprint density at radius 2 is 2.00 bits per heavy atom. The third-order valence-electron chi connectivity index (χ3n) is 5.09. The minimum Gasteiger partial charge on any atom is -0.349 e. The van der Waals surface area contributed by atoms with E-state index >= 15 is 0 Å². The van der Waals surface area contributed by atoms with Crippen molar-refractivity contribution in [2.45, 2.75) is 51.2 Å². The molecule has 1 fully saturated rings. The molecular formula is C18H21F3N2O2. The Morgan fingerprint density at radius 1 is 1.24 bits per heavy atom. The normalized spacial score (nSPS) is 23.3. The Labute approximate surface area is 144 Å². The van der Waals surface area contributed by atoms with E-state index in [1.54, 1.807) is 23.1 Å². The molecule has 1 saturated carbocycles. The zero-order chi connectivity index (χ0) is 18.2. The van der Waals surface area contributed by atoms with Crippen molar-refractivity contribution in [2.24, 2.45) is 5.92 Å². The monoisotopic (exact) mass is 354 g/mol. The van der Waals surface area contributed by atoms with E-state index in [0.717, 1.165) is 11.3 Å². The first kappa shape index (κ1) is 17.8. The van der Waals surface area contributed by atoms with Crippen molar-refractivity contribution in [3.63, 3.8) is 0 Å². The van der Waals surface area contributed by atoms with E-state index in [0.29, 0.717) is 31.4 Å². The summed E-state index contributed by atoms with van der Waals surface area (Å²) in [5.74, 6) is -1.73. The summed E-state index contributed by atoms with van der Waals surface area (Å²) >= 11 is 0. The van der Waals surface area contributed by atoms with Crippen molar-refractivity contribution >= 4 is 17.5 Å². The van der Waals surface area contributed by atoms with E-state index in [-0.39, 0.29) is 24.7 Å². The summed E-state index contributed by atoms with van der Waals surface area (Å²) in [5, 5.41) is 2.74. The summed E-state index contributed by atoms with van der Waals surface area (Å²) in [6.45, 7) is 2.08. The third kappa shape index (κ3) is 3.80. The van der Waals surface area contributed by atoms with Crippen LogP contribution in [0.25, 0.3) is 0 Å². The Balaban J connectivity index is 1.67. The molecule has 0 aromatic heterocycles. The van der Waals surface area contributed by atoms with E-state index in [4.69, 9.17) is 0 Å². The average molecular weight is 354 g/mol. The van der Waals surface area contributed by atoms with Gasteiger partial charge in [0.15, 0.2) is 0 Å². The van der Waals surface area contributed by atoms with Crippen LogP contribution in [0.15, 0.2) is 18.2 Å². The number of halogens is 3. The number of fused-ring (bicyclic) bond motifs is 1. The second kappa shape index (κ2) is 6.69. The molecule has 1 aromatic rings. The molecule has 0 saturated heterocycles. The molecule has 1 aromatic carbocycles. The second-order valence-electron chi connectivity index (χ2n) is 6.84. The second-order valence-corrected chi connectivity index (χ2v) is 6.84. The number of carbonyl (C=O) groups is 2. The molecule has 7 heteroatoms. The first-order chi connectivity index (χ1) is 11.8. The number of amides is 2. The van der Waals surface area contributed by atoms with E-state index < -0.39 is 18.1 Å². The minimum absolute atomic E-state index is 0.0450. The molecule has 1 aliphatic carbocycles. The fraction of sp³-hybridized carbons (Fsp3) is 0.556. The highest BCUT2D eigenvalue weighted by atomic mass is 19.4. The number of carbonyl (C=O) groups excluding carboxylic acids is 2. The number of nitrogens with zero attached hydrogens (tertiary/aromatic N) is 1. The van der Waals surface area contributed by atoms with E-state index in [1.165, 1.54) is 6.92 Å². The summed E-state index contributed by atoms with van der Waals surface area (Å²) in [6.07, 6.45) is -2.41. The molecule has 4 nitrogen and oxygen atoms in total. The van der Waals surface area contributed by atoms with Crippen LogP contribution in [0.5, 0.6) is 0 Å². The van der Waals surface area contributed by atoms with E-state index in [9.17, 15) is 22.8 Å². The van der Waals surface area contributed by atoms with Crippen molar-refractivity contribution in [1.29, 1.82) is 0 Å². The molecule has 1 N–H and O–H groups in total. The van der Waals surface area contributed by atoms with Gasteiger partial charge in [0.1, 0.15) is 0 Å². The number of benzene rings is 1. The lowest BCUT2D eigenvalue weighted by Crippen LogP contribution is -2.41. The van der Waals surface area contributed by atoms with E-state index in [2.05, 4.69) is 5.32 Å². The molecule has 3 rings (SSSR count). The molecule has 25 heavy (non-hydrogen) atoms. The third-order valence-corrected chi connectivity index (χ3v) is 5.09. The highest BCUT2D eigenvalue weighted by Crippen LogP contribution is 2.37. The van der Waals surface area contributed by atoms with Gasteiger partial charge in [-0.05, 0) is 49.4 Å². The number of anilines is 1. The molecule has 2 amide bonds. The number of alkyl halides is 3. The fourth-order valence-corrected chi connectivity index (χ4v) is 3.76. The van der Waals surface area contributed by atoms with E-state index in [1.807, 2.05) is 0 Å². The highest BCUT2D eigenvalue weighted by Gasteiger charge is 2.42. The van der Waals surface area contributed by atoms with Gasteiger partial charge in [-0.25, -0.2) is 0 Å². The molecule has 2 atom stereocenters. The molecule has 0 radical (unpaired) electrons. The summed E-state index contributed by atoms with van der Waals surface area (Å²) in [5.41, 5.74) is 2.15. The molecule has 2 unspecified atom stereocenters. The quantitative estimate of drug-likeness (QED) is 0.884. The van der Waals surface area contributed by atoms with Gasteiger partial charge < -0.3 is 10.2 Å². The van der Waals surface area contributed by atoms with Gasteiger partial charge >= 0.3 is 6.18 Å². The lowest BCUT2D eigenvalue weighted by atomic mass is 9.85. The van der Waals surface area contributed by atoms with Crippen LogP contribution in [-0.4, -0.2) is 30.6 Å². The summed E-state index contributed by atoms with van der Waals surface area (Å²) < 4.78 is 38.6. The highest BCUT2D eigenvalue weighted by molar-refractivity contribution is 5.98. The van der Waals surface area contributed by atoms with Crippen LogP contribution in [0.2, 0.25) is 0 Å². The Morgan fingerprint density at radius 3 is 2.68 bits per heavy atom. The summed E-state index contributed by atoms with van der Waals surface area (Å²) in [4.78, 5) is 25.6. The maximum absolute atomic E-state index is 12.9. The van der Waals surface area contributed by atoms with Gasteiger partial charge in [-0.3, -0.25) is 9.59 Å². The van der Waals surface area contributed by atoms with Crippen LogP contribution in [0.3, 0.4) is 0 Å². The topological polar surface area (TPSA) is 49.4 Å². The van der Waals surface area contributed by atoms with Gasteiger partial charge in [0.05, 0.1) is 5.92 Å². The molecule has 136 valence electrons. The Hall–Kier alpha value is -2.05. The maximum Gasteiger partial charge on any atom is 0.391 e. The van der Waals surface area contributed by atoms with Gasteiger partial charge in [0.25, 0.3) is 5.91 Å². The molecule has 1 aliphatic heterocycles. The summed E-state index contributed by atoms with van der Waals surface area (Å²) in [6, 6.07) is 4.64. The molecular weight excluding hydrogens is 333 g/mol. The van der Waals surface area contributed by atoms with Gasteiger partial charge in [-0.15, -0.1) is 0 Å². The lowest BCUT2D eigenvalue weighted by Gasteiger charge is -2.31. The molecule has 2 aliphatic rings. The van der Waals surface area contributed by atoms with Crippen LogP contribution >= 0.6 is 0 Å². The molecule has 1 heterocycles. The van der Waals surface area contributed by atoms with Crippen molar-refractivity contribution in [3.05, 3.63) is 29.3 Å². The molecule has 0 spiro atoms. The summed E-state index contributed by atoms with van der Waals surface area (Å²) in [7, 11) is 0. The average Bonchev–Trinajstić information content (AvgIpc) is 2.97. The predicted molar refractivity (Wildman–Crippen MR) is 87.4 cm³/mol. The predicted octanol–water partition coefficient (Wildman–Crippen LogP) is 3.45. The van der Waals surface area contributed by atoms with Crippen LogP contribution in [0.4, 0.5) is 18.9 Å². The van der Waals surface area contributed by atoms with Crippen molar-refractivity contribution in [3.8, 4) is 0 Å². The van der Waals surface area contributed by atoms with Gasteiger partial charge in [0, 0.05) is 30.8 Å². The Kier molecular flexibility index (Phi) is 4.75. The zero-order valence-corrected chi connectivity index (χ0v) is 14.0. The van der Waals surface area contributed by atoms with Crippen LogP contribution < -0.4 is 10.2 Å². The zero-order valence-electron chi connectivity index (χ0n) is 14.0.